The number of hydrogen-bond donors (Lipinski definition) is 1. The van der Waals surface area contributed by atoms with Crippen molar-refractivity contribution in [3.63, 3.8) is 0 Å². The monoisotopic (exact) mass is 374 g/mol. The first-order valence-electron chi connectivity index (χ1n) is 7.57. The number of benzene rings is 1. The fraction of sp³-hybridized carbons (Fsp3) is 0.625. The summed E-state index contributed by atoms with van der Waals surface area (Å²) in [6, 6.07) is 4.43. The summed E-state index contributed by atoms with van der Waals surface area (Å²) in [4.78, 5) is 2.58. The molecule has 1 N–H and O–H groups in total. The number of nitrogens with one attached hydrogen (secondary N) is 1. The lowest BCUT2D eigenvalue weighted by Crippen LogP contribution is -2.38. The molecule has 0 spiro atoms. The summed E-state index contributed by atoms with van der Waals surface area (Å²) >= 11 is 3.63. The number of ether oxygens (including phenoxy) is 1. The maximum absolute atomic E-state index is 5.84. The summed E-state index contributed by atoms with van der Waals surface area (Å²) in [5, 5.41) is 3.31. The lowest BCUT2D eigenvalue weighted by Gasteiger charge is -2.33. The predicted molar refractivity (Wildman–Crippen MR) is 92.5 cm³/mol. The molecule has 1 saturated heterocycles. The Balaban J connectivity index is 0.00000161. The zero-order valence-electron chi connectivity index (χ0n) is 12.5. The van der Waals surface area contributed by atoms with Crippen LogP contribution in [0.5, 0.6) is 5.75 Å². The first-order valence-corrected chi connectivity index (χ1v) is 8.36. The van der Waals surface area contributed by atoms with Crippen molar-refractivity contribution >= 4 is 28.3 Å². The van der Waals surface area contributed by atoms with E-state index in [0.29, 0.717) is 0 Å². The van der Waals surface area contributed by atoms with Gasteiger partial charge in [0.15, 0.2) is 0 Å². The third kappa shape index (κ3) is 4.13. The summed E-state index contributed by atoms with van der Waals surface area (Å²) in [5.41, 5.74) is 2.70. The summed E-state index contributed by atoms with van der Waals surface area (Å²) in [5.74, 6) is 1.93. The summed E-state index contributed by atoms with van der Waals surface area (Å²) < 4.78 is 7.02. The van der Waals surface area contributed by atoms with Crippen molar-refractivity contribution in [3.05, 3.63) is 27.7 Å². The maximum atomic E-state index is 5.84. The zero-order valence-corrected chi connectivity index (χ0v) is 14.9. The number of halogens is 2. The van der Waals surface area contributed by atoms with Crippen LogP contribution in [-0.2, 0) is 13.0 Å². The highest BCUT2D eigenvalue weighted by Gasteiger charge is 2.23. The molecule has 0 radical (unpaired) electrons. The van der Waals surface area contributed by atoms with E-state index < -0.39 is 0 Å². The van der Waals surface area contributed by atoms with Crippen molar-refractivity contribution in [2.24, 2.45) is 5.92 Å². The molecule has 0 aliphatic carbocycles. The van der Waals surface area contributed by atoms with Gasteiger partial charge in [-0.05, 0) is 56.6 Å². The second-order valence-corrected chi connectivity index (χ2v) is 6.87. The Morgan fingerprint density at radius 2 is 2.29 bits per heavy atom. The molecule has 3 nitrogen and oxygen atoms in total. The highest BCUT2D eigenvalue weighted by Crippen LogP contribution is 2.34. The topological polar surface area (TPSA) is 24.5 Å². The van der Waals surface area contributed by atoms with E-state index in [2.05, 4.69) is 38.3 Å². The number of likely N-dealkylation sites (tertiary alicyclic amines) is 1. The van der Waals surface area contributed by atoms with Gasteiger partial charge in [0.25, 0.3) is 0 Å². The van der Waals surface area contributed by atoms with E-state index in [0.717, 1.165) is 37.8 Å². The molecule has 0 saturated carbocycles. The average Bonchev–Trinajstić information content (AvgIpc) is 2.87. The molecule has 1 aromatic carbocycles. The molecule has 21 heavy (non-hydrogen) atoms. The van der Waals surface area contributed by atoms with Crippen LogP contribution in [0.1, 0.15) is 24.0 Å². The molecule has 0 amide bonds. The molecule has 2 aliphatic rings. The molecular formula is C16H24BrClN2O. The van der Waals surface area contributed by atoms with E-state index in [1.165, 1.54) is 41.5 Å². The minimum absolute atomic E-state index is 0. The molecule has 2 aliphatic heterocycles. The van der Waals surface area contributed by atoms with Gasteiger partial charge >= 0.3 is 0 Å². The Bertz CT molecular complexity index is 482. The lowest BCUT2D eigenvalue weighted by atomic mass is 9.97. The molecule has 1 unspecified atom stereocenters. The summed E-state index contributed by atoms with van der Waals surface area (Å²) in [7, 11) is 2.05. The van der Waals surface area contributed by atoms with Gasteiger partial charge in [-0.3, -0.25) is 4.90 Å². The van der Waals surface area contributed by atoms with E-state index >= 15 is 0 Å². The Kier molecular flexibility index (Phi) is 6.35. The van der Waals surface area contributed by atoms with Crippen LogP contribution >= 0.6 is 28.3 Å². The molecular weight excluding hydrogens is 352 g/mol. The van der Waals surface area contributed by atoms with Gasteiger partial charge in [-0.1, -0.05) is 15.9 Å². The van der Waals surface area contributed by atoms with Crippen molar-refractivity contribution < 1.29 is 4.74 Å². The van der Waals surface area contributed by atoms with E-state index in [1.54, 1.807) is 0 Å². The van der Waals surface area contributed by atoms with Crippen molar-refractivity contribution in [1.29, 1.82) is 0 Å². The highest BCUT2D eigenvalue weighted by atomic mass is 79.9. The lowest BCUT2D eigenvalue weighted by molar-refractivity contribution is 0.165. The average molecular weight is 376 g/mol. The van der Waals surface area contributed by atoms with Crippen molar-refractivity contribution in [1.82, 2.24) is 10.2 Å². The predicted octanol–water partition coefficient (Wildman–Crippen LogP) is 3.24. The van der Waals surface area contributed by atoms with Gasteiger partial charge in [-0.15, -0.1) is 12.4 Å². The Labute approximate surface area is 142 Å². The molecule has 118 valence electrons. The molecule has 3 rings (SSSR count). The summed E-state index contributed by atoms with van der Waals surface area (Å²) in [6.07, 6.45) is 3.71. The Hall–Kier alpha value is -0.290. The van der Waals surface area contributed by atoms with Crippen LogP contribution in [0.2, 0.25) is 0 Å². The zero-order chi connectivity index (χ0) is 13.9. The molecule has 0 bridgehead atoms. The fourth-order valence-electron chi connectivity index (χ4n) is 3.45. The third-order valence-corrected chi connectivity index (χ3v) is 4.77. The maximum Gasteiger partial charge on any atom is 0.127 e. The van der Waals surface area contributed by atoms with Crippen LogP contribution in [0.25, 0.3) is 0 Å². The van der Waals surface area contributed by atoms with Crippen LogP contribution in [0, 0.1) is 5.92 Å². The quantitative estimate of drug-likeness (QED) is 0.874. The minimum Gasteiger partial charge on any atom is -0.493 e. The van der Waals surface area contributed by atoms with E-state index in [-0.39, 0.29) is 12.4 Å². The molecule has 5 heteroatoms. The van der Waals surface area contributed by atoms with Crippen molar-refractivity contribution in [2.75, 3.05) is 33.3 Å². The van der Waals surface area contributed by atoms with Crippen LogP contribution in [0.15, 0.2) is 16.6 Å². The number of rotatable bonds is 4. The number of piperidine rings is 1. The highest BCUT2D eigenvalue weighted by molar-refractivity contribution is 9.10. The standard InChI is InChI=1S/C16H23BrN2O.ClH/c1-18-9-12-3-2-5-19(10-12)11-14-8-15(17)7-13-4-6-20-16(13)14;/h7-8,12,18H,2-6,9-11H2,1H3;1H. The Morgan fingerprint density at radius 1 is 1.43 bits per heavy atom. The van der Waals surface area contributed by atoms with E-state index in [9.17, 15) is 0 Å². The number of nitrogens with zero attached hydrogens (tertiary/aromatic N) is 1. The van der Waals surface area contributed by atoms with Crippen LogP contribution in [0.4, 0.5) is 0 Å². The van der Waals surface area contributed by atoms with Gasteiger partial charge in [0.05, 0.1) is 6.61 Å². The van der Waals surface area contributed by atoms with E-state index in [4.69, 9.17) is 4.74 Å². The van der Waals surface area contributed by atoms with Crippen molar-refractivity contribution in [3.8, 4) is 5.75 Å². The van der Waals surface area contributed by atoms with Crippen molar-refractivity contribution in [2.45, 2.75) is 25.8 Å². The second-order valence-electron chi connectivity index (χ2n) is 5.95. The van der Waals surface area contributed by atoms with Gasteiger partial charge < -0.3 is 10.1 Å². The first-order chi connectivity index (χ1) is 9.76. The molecule has 0 aromatic heterocycles. The normalized spacial score (nSPS) is 21.5. The molecule has 1 fully saturated rings. The van der Waals surface area contributed by atoms with Gasteiger partial charge in [-0.25, -0.2) is 0 Å². The molecule has 2 heterocycles. The van der Waals surface area contributed by atoms with Crippen LogP contribution in [-0.4, -0.2) is 38.2 Å². The summed E-state index contributed by atoms with van der Waals surface area (Å²) in [6.45, 7) is 5.39. The van der Waals surface area contributed by atoms with Gasteiger partial charge in [0.1, 0.15) is 5.75 Å². The Morgan fingerprint density at radius 3 is 3.10 bits per heavy atom. The second kappa shape index (κ2) is 7.82. The van der Waals surface area contributed by atoms with Crippen LogP contribution in [0.3, 0.4) is 0 Å². The van der Waals surface area contributed by atoms with Crippen LogP contribution < -0.4 is 10.1 Å². The molecule has 1 atom stereocenters. The first kappa shape index (κ1) is 17.1. The smallest absolute Gasteiger partial charge is 0.127 e. The largest absolute Gasteiger partial charge is 0.493 e. The number of fused-ring (bicyclic) bond motifs is 1. The minimum atomic E-state index is 0. The number of hydrogen-bond acceptors (Lipinski definition) is 3. The third-order valence-electron chi connectivity index (χ3n) is 4.32. The fourth-order valence-corrected chi connectivity index (χ4v) is 4.01. The van der Waals surface area contributed by atoms with Gasteiger partial charge in [0.2, 0.25) is 0 Å². The van der Waals surface area contributed by atoms with Gasteiger partial charge in [-0.2, -0.15) is 0 Å². The SMILES string of the molecule is CNCC1CCCN(Cc2cc(Br)cc3c2OCC3)C1.Cl. The van der Waals surface area contributed by atoms with E-state index in [1.807, 2.05) is 7.05 Å². The molecule has 1 aromatic rings. The van der Waals surface area contributed by atoms with Gasteiger partial charge in [0, 0.05) is 29.5 Å².